The van der Waals surface area contributed by atoms with Crippen molar-refractivity contribution >= 4 is 32.9 Å². The molecule has 5 heteroatoms. The number of imidazole rings is 1. The van der Waals surface area contributed by atoms with E-state index >= 15 is 0 Å². The smallest absolute Gasteiger partial charge is 0.335 e. The average Bonchev–Trinajstić information content (AvgIpc) is 2.81. The highest BCUT2D eigenvalue weighted by atomic mass is 79.9. The van der Waals surface area contributed by atoms with Crippen molar-refractivity contribution in [2.75, 3.05) is 0 Å². The summed E-state index contributed by atoms with van der Waals surface area (Å²) in [5.74, 6) is -0.942. The lowest BCUT2D eigenvalue weighted by Crippen LogP contribution is -1.98. The van der Waals surface area contributed by atoms with Crippen molar-refractivity contribution in [3.63, 3.8) is 0 Å². The van der Waals surface area contributed by atoms with Gasteiger partial charge in [-0.15, -0.1) is 0 Å². The quantitative estimate of drug-likeness (QED) is 0.777. The van der Waals surface area contributed by atoms with Gasteiger partial charge in [0.2, 0.25) is 0 Å². The number of aromatic nitrogens is 2. The Morgan fingerprint density at radius 3 is 2.75 bits per heavy atom. The molecule has 0 aliphatic heterocycles. The Morgan fingerprint density at radius 2 is 2.05 bits per heavy atom. The van der Waals surface area contributed by atoms with Gasteiger partial charge in [0.05, 0.1) is 22.3 Å². The molecule has 0 unspecified atom stereocenters. The first kappa shape index (κ1) is 12.9. The Labute approximate surface area is 123 Å². The summed E-state index contributed by atoms with van der Waals surface area (Å²) in [4.78, 5) is 15.4. The highest BCUT2D eigenvalue weighted by Crippen LogP contribution is 2.26. The van der Waals surface area contributed by atoms with E-state index in [1.807, 2.05) is 29.7 Å². The van der Waals surface area contributed by atoms with Crippen molar-refractivity contribution in [1.82, 2.24) is 9.55 Å². The number of benzene rings is 2. The normalized spacial score (nSPS) is 10.9. The third-order valence-corrected chi connectivity index (χ3v) is 3.79. The van der Waals surface area contributed by atoms with Crippen LogP contribution < -0.4 is 0 Å². The number of aromatic carboxylic acids is 1. The second kappa shape index (κ2) is 4.76. The monoisotopic (exact) mass is 330 g/mol. The van der Waals surface area contributed by atoms with Crippen LogP contribution in [0.5, 0.6) is 0 Å². The number of nitrogens with zero attached hydrogens (tertiary/aromatic N) is 2. The fraction of sp³-hybridized carbons (Fsp3) is 0.0667. The minimum absolute atomic E-state index is 0.252. The lowest BCUT2D eigenvalue weighted by Gasteiger charge is -2.08. The van der Waals surface area contributed by atoms with Crippen molar-refractivity contribution < 1.29 is 9.90 Å². The van der Waals surface area contributed by atoms with Gasteiger partial charge in [-0.1, -0.05) is 6.07 Å². The second-order valence-corrected chi connectivity index (χ2v) is 5.43. The number of hydrogen-bond acceptors (Lipinski definition) is 2. The summed E-state index contributed by atoms with van der Waals surface area (Å²) in [5, 5.41) is 9.10. The van der Waals surface area contributed by atoms with Gasteiger partial charge in [-0.05, 0) is 58.7 Å². The first-order chi connectivity index (χ1) is 9.56. The van der Waals surface area contributed by atoms with Gasteiger partial charge >= 0.3 is 5.97 Å². The molecule has 0 radical (unpaired) electrons. The fourth-order valence-electron chi connectivity index (χ4n) is 2.14. The minimum Gasteiger partial charge on any atom is -0.478 e. The van der Waals surface area contributed by atoms with Crippen LogP contribution in [0.4, 0.5) is 0 Å². The molecule has 0 atom stereocenters. The predicted molar refractivity (Wildman–Crippen MR) is 80.5 cm³/mol. The Kier molecular flexibility index (Phi) is 3.06. The van der Waals surface area contributed by atoms with Crippen LogP contribution in [-0.2, 0) is 0 Å². The van der Waals surface area contributed by atoms with Crippen LogP contribution >= 0.6 is 15.9 Å². The molecule has 0 aliphatic rings. The van der Waals surface area contributed by atoms with Gasteiger partial charge in [0.15, 0.2) is 0 Å². The number of halogens is 1. The van der Waals surface area contributed by atoms with Gasteiger partial charge in [0, 0.05) is 4.47 Å². The molecule has 1 heterocycles. The largest absolute Gasteiger partial charge is 0.478 e. The number of carboxylic acids is 1. The number of rotatable bonds is 2. The Hall–Kier alpha value is -2.14. The van der Waals surface area contributed by atoms with E-state index in [2.05, 4.69) is 20.9 Å². The van der Waals surface area contributed by atoms with E-state index in [9.17, 15) is 4.79 Å². The molecular formula is C15H11BrN2O2. The highest BCUT2D eigenvalue weighted by molar-refractivity contribution is 9.10. The Balaban J connectivity index is 2.25. The molecule has 0 fully saturated rings. The molecule has 4 nitrogen and oxygen atoms in total. The molecule has 0 spiro atoms. The third kappa shape index (κ3) is 2.10. The summed E-state index contributed by atoms with van der Waals surface area (Å²) in [7, 11) is 0. The van der Waals surface area contributed by atoms with E-state index in [0.717, 1.165) is 26.8 Å². The van der Waals surface area contributed by atoms with Crippen molar-refractivity contribution in [2.24, 2.45) is 0 Å². The summed E-state index contributed by atoms with van der Waals surface area (Å²) < 4.78 is 2.82. The maximum absolute atomic E-state index is 11.1. The minimum atomic E-state index is -0.942. The first-order valence-electron chi connectivity index (χ1n) is 6.03. The molecule has 1 N–H and O–H groups in total. The molecule has 1 aromatic heterocycles. The molecule has 20 heavy (non-hydrogen) atoms. The SMILES string of the molecule is Cc1ccc(-n2cnc3ccc(C(=O)O)cc32)c(Br)c1. The molecule has 0 bridgehead atoms. The topological polar surface area (TPSA) is 55.1 Å². The number of hydrogen-bond donors (Lipinski definition) is 1. The maximum Gasteiger partial charge on any atom is 0.335 e. The highest BCUT2D eigenvalue weighted by Gasteiger charge is 2.11. The fourth-order valence-corrected chi connectivity index (χ4v) is 2.82. The maximum atomic E-state index is 11.1. The van der Waals surface area contributed by atoms with Crippen LogP contribution in [0.3, 0.4) is 0 Å². The van der Waals surface area contributed by atoms with Gasteiger partial charge in [-0.2, -0.15) is 0 Å². The second-order valence-electron chi connectivity index (χ2n) is 4.58. The molecule has 3 aromatic rings. The molecule has 0 saturated heterocycles. The Bertz CT molecular complexity index is 824. The summed E-state index contributed by atoms with van der Waals surface area (Å²) in [6.45, 7) is 2.02. The number of carbonyl (C=O) groups is 1. The number of aryl methyl sites for hydroxylation is 1. The zero-order valence-electron chi connectivity index (χ0n) is 10.7. The molecule has 0 amide bonds. The van der Waals surface area contributed by atoms with Crippen LogP contribution in [0, 0.1) is 6.92 Å². The van der Waals surface area contributed by atoms with Gasteiger partial charge in [0.25, 0.3) is 0 Å². The number of fused-ring (bicyclic) bond motifs is 1. The van der Waals surface area contributed by atoms with E-state index in [1.165, 1.54) is 0 Å². The molecule has 2 aromatic carbocycles. The van der Waals surface area contributed by atoms with Gasteiger partial charge in [-0.25, -0.2) is 9.78 Å². The molecule has 0 saturated carbocycles. The van der Waals surface area contributed by atoms with Crippen molar-refractivity contribution in [3.8, 4) is 5.69 Å². The molecule has 0 aliphatic carbocycles. The van der Waals surface area contributed by atoms with E-state index in [-0.39, 0.29) is 5.56 Å². The standard InChI is InChI=1S/C15H11BrN2O2/c1-9-2-5-13(11(16)6-9)18-8-17-12-4-3-10(15(19)20)7-14(12)18/h2-8H,1H3,(H,19,20). The summed E-state index contributed by atoms with van der Waals surface area (Å²) in [6.07, 6.45) is 1.70. The van der Waals surface area contributed by atoms with Crippen molar-refractivity contribution in [2.45, 2.75) is 6.92 Å². The molecule has 3 rings (SSSR count). The number of carboxylic acid groups (broad SMARTS) is 1. The van der Waals surface area contributed by atoms with Crippen LogP contribution in [0.15, 0.2) is 47.2 Å². The van der Waals surface area contributed by atoms with Crippen LogP contribution in [0.2, 0.25) is 0 Å². The van der Waals surface area contributed by atoms with E-state index < -0.39 is 5.97 Å². The summed E-state index contributed by atoms with van der Waals surface area (Å²) >= 11 is 3.54. The molecular weight excluding hydrogens is 320 g/mol. The van der Waals surface area contributed by atoms with E-state index in [1.54, 1.807) is 24.5 Å². The van der Waals surface area contributed by atoms with Crippen LogP contribution in [0.25, 0.3) is 16.7 Å². The van der Waals surface area contributed by atoms with Crippen LogP contribution in [-0.4, -0.2) is 20.6 Å². The average molecular weight is 331 g/mol. The third-order valence-electron chi connectivity index (χ3n) is 3.16. The molecule has 100 valence electrons. The zero-order chi connectivity index (χ0) is 14.3. The van der Waals surface area contributed by atoms with Gasteiger partial charge in [-0.3, -0.25) is 4.57 Å². The van der Waals surface area contributed by atoms with Gasteiger partial charge < -0.3 is 5.11 Å². The van der Waals surface area contributed by atoms with Crippen molar-refractivity contribution in [1.29, 1.82) is 0 Å². The van der Waals surface area contributed by atoms with E-state index in [4.69, 9.17) is 5.11 Å². The summed E-state index contributed by atoms with van der Waals surface area (Å²) in [6, 6.07) is 10.9. The van der Waals surface area contributed by atoms with Gasteiger partial charge in [0.1, 0.15) is 6.33 Å². The lowest BCUT2D eigenvalue weighted by atomic mass is 10.2. The first-order valence-corrected chi connectivity index (χ1v) is 6.82. The van der Waals surface area contributed by atoms with Crippen LogP contribution in [0.1, 0.15) is 15.9 Å². The van der Waals surface area contributed by atoms with E-state index in [0.29, 0.717) is 0 Å². The van der Waals surface area contributed by atoms with Crippen molar-refractivity contribution in [3.05, 3.63) is 58.3 Å². The Morgan fingerprint density at radius 1 is 1.25 bits per heavy atom. The predicted octanol–water partition coefficient (Wildman–Crippen LogP) is 3.79. The zero-order valence-corrected chi connectivity index (χ0v) is 12.3. The summed E-state index contributed by atoms with van der Waals surface area (Å²) in [5.41, 5.74) is 3.87. The lowest BCUT2D eigenvalue weighted by molar-refractivity contribution is 0.0697.